The van der Waals surface area contributed by atoms with Crippen molar-refractivity contribution in [3.8, 4) is 11.3 Å². The summed E-state index contributed by atoms with van der Waals surface area (Å²) >= 11 is 0. The van der Waals surface area contributed by atoms with Crippen LogP contribution in [0, 0.1) is 0 Å². The molecule has 1 heterocycles. The molecule has 0 saturated heterocycles. The fourth-order valence-corrected chi connectivity index (χ4v) is 2.70. The standard InChI is InChI=1S/C21H21N3O3/c1-15(20(25)24(2)14-16-9-5-3-6-10-16)27-21(26)19-13-18(22-23-19)17-11-7-4-8-12-17/h3-13,15H,14H2,1-2H3,(H,22,23)/t15-/m0/s1. The SMILES string of the molecule is C[C@H](OC(=O)c1cc(-c2ccccc2)n[nH]1)C(=O)N(C)Cc1ccccc1. The van der Waals surface area contributed by atoms with Crippen molar-refractivity contribution in [2.75, 3.05) is 7.05 Å². The maximum absolute atomic E-state index is 12.5. The van der Waals surface area contributed by atoms with Crippen LogP contribution in [0.3, 0.4) is 0 Å². The molecule has 0 bridgehead atoms. The van der Waals surface area contributed by atoms with Gasteiger partial charge in [0.25, 0.3) is 5.91 Å². The smallest absolute Gasteiger partial charge is 0.357 e. The lowest BCUT2D eigenvalue weighted by atomic mass is 10.1. The molecule has 0 aliphatic heterocycles. The number of nitrogens with one attached hydrogen (secondary N) is 1. The predicted molar refractivity (Wildman–Crippen MR) is 102 cm³/mol. The summed E-state index contributed by atoms with van der Waals surface area (Å²) < 4.78 is 5.30. The third kappa shape index (κ3) is 4.61. The van der Waals surface area contributed by atoms with Crippen molar-refractivity contribution in [3.05, 3.63) is 78.0 Å². The molecule has 0 radical (unpaired) electrons. The van der Waals surface area contributed by atoms with E-state index in [1.54, 1.807) is 20.0 Å². The van der Waals surface area contributed by atoms with Crippen LogP contribution in [-0.2, 0) is 16.1 Å². The van der Waals surface area contributed by atoms with Crippen LogP contribution < -0.4 is 0 Å². The van der Waals surface area contributed by atoms with Crippen molar-refractivity contribution in [1.82, 2.24) is 15.1 Å². The Balaban J connectivity index is 1.60. The number of rotatable bonds is 6. The van der Waals surface area contributed by atoms with E-state index in [0.717, 1.165) is 11.1 Å². The number of likely N-dealkylation sites (N-methyl/N-ethyl adjacent to an activating group) is 1. The minimum absolute atomic E-state index is 0.208. The number of benzene rings is 2. The van der Waals surface area contributed by atoms with Crippen molar-refractivity contribution >= 4 is 11.9 Å². The highest BCUT2D eigenvalue weighted by atomic mass is 16.5. The zero-order chi connectivity index (χ0) is 19.2. The molecule has 1 amide bonds. The second-order valence-electron chi connectivity index (χ2n) is 6.26. The van der Waals surface area contributed by atoms with Crippen molar-refractivity contribution in [1.29, 1.82) is 0 Å². The zero-order valence-corrected chi connectivity index (χ0v) is 15.3. The lowest BCUT2D eigenvalue weighted by Crippen LogP contribution is -2.37. The number of H-pyrrole nitrogens is 1. The number of hydrogen-bond acceptors (Lipinski definition) is 4. The summed E-state index contributed by atoms with van der Waals surface area (Å²) in [6.07, 6.45) is -0.894. The normalized spacial score (nSPS) is 11.6. The minimum Gasteiger partial charge on any atom is -0.448 e. The van der Waals surface area contributed by atoms with E-state index in [-0.39, 0.29) is 11.6 Å². The van der Waals surface area contributed by atoms with E-state index in [1.165, 1.54) is 4.90 Å². The number of esters is 1. The van der Waals surface area contributed by atoms with Crippen LogP contribution in [0.2, 0.25) is 0 Å². The van der Waals surface area contributed by atoms with Gasteiger partial charge in [-0.05, 0) is 18.6 Å². The van der Waals surface area contributed by atoms with Crippen molar-refractivity contribution in [2.45, 2.75) is 19.6 Å². The van der Waals surface area contributed by atoms with Crippen molar-refractivity contribution in [3.63, 3.8) is 0 Å². The third-order valence-corrected chi connectivity index (χ3v) is 4.14. The number of amides is 1. The Morgan fingerprint density at radius 1 is 1.07 bits per heavy atom. The van der Waals surface area contributed by atoms with Crippen LogP contribution in [0.1, 0.15) is 23.0 Å². The van der Waals surface area contributed by atoms with Gasteiger partial charge in [0.05, 0.1) is 5.69 Å². The molecule has 0 unspecified atom stereocenters. The van der Waals surface area contributed by atoms with Gasteiger partial charge in [-0.2, -0.15) is 5.10 Å². The molecule has 1 atom stereocenters. The maximum Gasteiger partial charge on any atom is 0.357 e. The van der Waals surface area contributed by atoms with Gasteiger partial charge in [-0.3, -0.25) is 9.89 Å². The first-order valence-corrected chi connectivity index (χ1v) is 8.65. The first kappa shape index (κ1) is 18.4. The molecular formula is C21H21N3O3. The Labute approximate surface area is 157 Å². The van der Waals surface area contributed by atoms with E-state index in [0.29, 0.717) is 12.2 Å². The van der Waals surface area contributed by atoms with Crippen LogP contribution in [0.15, 0.2) is 66.7 Å². The van der Waals surface area contributed by atoms with E-state index >= 15 is 0 Å². The number of carbonyl (C=O) groups is 2. The van der Waals surface area contributed by atoms with Gasteiger partial charge in [0.15, 0.2) is 6.10 Å². The number of aromatic nitrogens is 2. The summed E-state index contributed by atoms with van der Waals surface area (Å²) in [5.74, 6) is -0.881. The zero-order valence-electron chi connectivity index (χ0n) is 15.3. The average Bonchev–Trinajstić information content (AvgIpc) is 3.19. The summed E-state index contributed by atoms with van der Waals surface area (Å²) in [5, 5.41) is 6.80. The van der Waals surface area contributed by atoms with Gasteiger partial charge in [-0.25, -0.2) is 4.79 Å². The number of aromatic amines is 1. The number of nitrogens with zero attached hydrogens (tertiary/aromatic N) is 2. The first-order valence-electron chi connectivity index (χ1n) is 8.65. The molecule has 0 saturated carbocycles. The molecule has 27 heavy (non-hydrogen) atoms. The van der Waals surface area contributed by atoms with Gasteiger partial charge in [-0.1, -0.05) is 60.7 Å². The Bertz CT molecular complexity index is 907. The van der Waals surface area contributed by atoms with Crippen LogP contribution in [0.4, 0.5) is 0 Å². The molecule has 0 fully saturated rings. The highest BCUT2D eigenvalue weighted by Gasteiger charge is 2.23. The Morgan fingerprint density at radius 3 is 2.37 bits per heavy atom. The summed E-state index contributed by atoms with van der Waals surface area (Å²) in [5.41, 5.74) is 2.74. The van der Waals surface area contributed by atoms with Gasteiger partial charge in [-0.15, -0.1) is 0 Å². The van der Waals surface area contributed by atoms with Gasteiger partial charge in [0.1, 0.15) is 5.69 Å². The molecule has 1 aromatic heterocycles. The fraction of sp³-hybridized carbons (Fsp3) is 0.190. The lowest BCUT2D eigenvalue weighted by Gasteiger charge is -2.21. The molecular weight excluding hydrogens is 342 g/mol. The molecule has 0 aliphatic carbocycles. The van der Waals surface area contributed by atoms with E-state index < -0.39 is 12.1 Å². The average molecular weight is 363 g/mol. The quantitative estimate of drug-likeness (QED) is 0.682. The molecule has 138 valence electrons. The molecule has 6 nitrogen and oxygen atoms in total. The number of hydrogen-bond donors (Lipinski definition) is 1. The highest BCUT2D eigenvalue weighted by Crippen LogP contribution is 2.17. The fourth-order valence-electron chi connectivity index (χ4n) is 2.70. The minimum atomic E-state index is -0.894. The van der Waals surface area contributed by atoms with Gasteiger partial charge in [0.2, 0.25) is 0 Å². The second kappa shape index (κ2) is 8.31. The Kier molecular flexibility index (Phi) is 5.66. The van der Waals surface area contributed by atoms with Crippen molar-refractivity contribution in [2.24, 2.45) is 0 Å². The highest BCUT2D eigenvalue weighted by molar-refractivity contribution is 5.91. The summed E-state index contributed by atoms with van der Waals surface area (Å²) in [4.78, 5) is 26.3. The van der Waals surface area contributed by atoms with E-state index in [1.807, 2.05) is 60.7 Å². The molecule has 2 aromatic carbocycles. The number of ether oxygens (including phenoxy) is 1. The van der Waals surface area contributed by atoms with E-state index in [2.05, 4.69) is 10.2 Å². The summed E-state index contributed by atoms with van der Waals surface area (Å²) in [7, 11) is 1.68. The van der Waals surface area contributed by atoms with Crippen LogP contribution >= 0.6 is 0 Å². The molecule has 3 aromatic rings. The number of carbonyl (C=O) groups excluding carboxylic acids is 2. The monoisotopic (exact) mass is 363 g/mol. The first-order chi connectivity index (χ1) is 13.0. The molecule has 0 spiro atoms. The molecule has 3 rings (SSSR count). The maximum atomic E-state index is 12.5. The topological polar surface area (TPSA) is 75.3 Å². The predicted octanol–water partition coefficient (Wildman–Crippen LogP) is 3.28. The third-order valence-electron chi connectivity index (χ3n) is 4.14. The second-order valence-corrected chi connectivity index (χ2v) is 6.26. The van der Waals surface area contributed by atoms with Gasteiger partial charge in [0, 0.05) is 19.2 Å². The van der Waals surface area contributed by atoms with E-state index in [4.69, 9.17) is 4.74 Å². The molecule has 6 heteroatoms. The van der Waals surface area contributed by atoms with Crippen molar-refractivity contribution < 1.29 is 14.3 Å². The Hall–Kier alpha value is -3.41. The van der Waals surface area contributed by atoms with E-state index in [9.17, 15) is 9.59 Å². The van der Waals surface area contributed by atoms with Gasteiger partial charge < -0.3 is 9.64 Å². The molecule has 1 N–H and O–H groups in total. The summed E-state index contributed by atoms with van der Waals surface area (Å²) in [6.45, 7) is 2.01. The van der Waals surface area contributed by atoms with Crippen LogP contribution in [0.25, 0.3) is 11.3 Å². The van der Waals surface area contributed by atoms with Crippen LogP contribution in [-0.4, -0.2) is 40.1 Å². The van der Waals surface area contributed by atoms with Crippen LogP contribution in [0.5, 0.6) is 0 Å². The molecule has 0 aliphatic rings. The Morgan fingerprint density at radius 2 is 1.70 bits per heavy atom. The van der Waals surface area contributed by atoms with Gasteiger partial charge >= 0.3 is 5.97 Å². The summed E-state index contributed by atoms with van der Waals surface area (Å²) in [6, 6.07) is 20.7. The largest absolute Gasteiger partial charge is 0.448 e. The lowest BCUT2D eigenvalue weighted by molar-refractivity contribution is -0.139.